The van der Waals surface area contributed by atoms with E-state index in [4.69, 9.17) is 4.74 Å². The number of carboxylic acid groups (broad SMARTS) is 1. The van der Waals surface area contributed by atoms with E-state index in [1.54, 1.807) is 6.07 Å². The zero-order valence-electron chi connectivity index (χ0n) is 11.8. The van der Waals surface area contributed by atoms with Crippen LogP contribution in [0.1, 0.15) is 19.8 Å². The summed E-state index contributed by atoms with van der Waals surface area (Å²) < 4.78 is 18.2. The lowest BCUT2D eigenvalue weighted by Crippen LogP contribution is -2.38. The van der Waals surface area contributed by atoms with E-state index in [1.165, 1.54) is 23.1 Å². The van der Waals surface area contributed by atoms with Crippen molar-refractivity contribution in [3.63, 3.8) is 0 Å². The SMILES string of the molecule is CCC1(C(=O)O)CCN(C(=O)COc2cccc(F)c2)C1. The van der Waals surface area contributed by atoms with Gasteiger partial charge >= 0.3 is 5.97 Å². The Morgan fingerprint density at radius 2 is 2.24 bits per heavy atom. The molecule has 1 aliphatic heterocycles. The largest absolute Gasteiger partial charge is 0.484 e. The lowest BCUT2D eigenvalue weighted by Gasteiger charge is -2.23. The van der Waals surface area contributed by atoms with E-state index in [0.717, 1.165) is 0 Å². The summed E-state index contributed by atoms with van der Waals surface area (Å²) >= 11 is 0. The second-order valence-electron chi connectivity index (χ2n) is 5.25. The number of hydrogen-bond donors (Lipinski definition) is 1. The first-order chi connectivity index (χ1) is 9.97. The minimum absolute atomic E-state index is 0.199. The van der Waals surface area contributed by atoms with Crippen molar-refractivity contribution < 1.29 is 23.8 Å². The van der Waals surface area contributed by atoms with Gasteiger partial charge in [-0.1, -0.05) is 13.0 Å². The van der Waals surface area contributed by atoms with Crippen molar-refractivity contribution >= 4 is 11.9 Å². The standard InChI is InChI=1S/C15H18FNO4/c1-2-15(14(19)20)6-7-17(10-15)13(18)9-21-12-5-3-4-11(16)8-12/h3-5,8H,2,6-7,9-10H2,1H3,(H,19,20). The first-order valence-electron chi connectivity index (χ1n) is 6.86. The van der Waals surface area contributed by atoms with E-state index >= 15 is 0 Å². The highest BCUT2D eigenvalue weighted by molar-refractivity contribution is 5.81. The Hall–Kier alpha value is -2.11. The maximum absolute atomic E-state index is 13.0. The molecule has 1 aromatic carbocycles. The molecule has 21 heavy (non-hydrogen) atoms. The number of nitrogens with zero attached hydrogens (tertiary/aromatic N) is 1. The number of likely N-dealkylation sites (tertiary alicyclic amines) is 1. The lowest BCUT2D eigenvalue weighted by molar-refractivity contribution is -0.148. The number of halogens is 1. The van der Waals surface area contributed by atoms with Crippen LogP contribution < -0.4 is 4.74 Å². The summed E-state index contributed by atoms with van der Waals surface area (Å²) in [7, 11) is 0. The van der Waals surface area contributed by atoms with Crippen LogP contribution in [-0.2, 0) is 9.59 Å². The van der Waals surface area contributed by atoms with E-state index in [-0.39, 0.29) is 24.8 Å². The molecule has 2 rings (SSSR count). The molecular formula is C15H18FNO4. The van der Waals surface area contributed by atoms with Gasteiger partial charge in [-0.05, 0) is 25.0 Å². The molecule has 0 spiro atoms. The summed E-state index contributed by atoms with van der Waals surface area (Å²) in [4.78, 5) is 24.9. The van der Waals surface area contributed by atoms with E-state index in [1.807, 2.05) is 6.92 Å². The van der Waals surface area contributed by atoms with Crippen LogP contribution in [0.2, 0.25) is 0 Å². The Labute approximate surface area is 122 Å². The van der Waals surface area contributed by atoms with Crippen molar-refractivity contribution in [3.05, 3.63) is 30.1 Å². The smallest absolute Gasteiger partial charge is 0.311 e. The monoisotopic (exact) mass is 295 g/mol. The van der Waals surface area contributed by atoms with Gasteiger partial charge in [0, 0.05) is 19.2 Å². The first kappa shape index (κ1) is 15.3. The zero-order chi connectivity index (χ0) is 15.5. The molecule has 0 bridgehead atoms. The molecule has 1 heterocycles. The third-order valence-electron chi connectivity index (χ3n) is 4.00. The van der Waals surface area contributed by atoms with Crippen molar-refractivity contribution in [2.24, 2.45) is 5.41 Å². The topological polar surface area (TPSA) is 66.8 Å². The second-order valence-corrected chi connectivity index (χ2v) is 5.25. The van der Waals surface area contributed by atoms with Gasteiger partial charge in [-0.2, -0.15) is 0 Å². The molecule has 1 aromatic rings. The predicted octanol–water partition coefficient (Wildman–Crippen LogP) is 1.92. The van der Waals surface area contributed by atoms with Gasteiger partial charge in [0.2, 0.25) is 0 Å². The average Bonchev–Trinajstić information content (AvgIpc) is 2.91. The van der Waals surface area contributed by atoms with Gasteiger partial charge in [0.15, 0.2) is 6.61 Å². The van der Waals surface area contributed by atoms with Crippen LogP contribution >= 0.6 is 0 Å². The summed E-state index contributed by atoms with van der Waals surface area (Å²) in [6.07, 6.45) is 0.932. The Morgan fingerprint density at radius 3 is 2.81 bits per heavy atom. The van der Waals surface area contributed by atoms with Crippen molar-refractivity contribution in [1.29, 1.82) is 0 Å². The van der Waals surface area contributed by atoms with Crippen molar-refractivity contribution in [2.45, 2.75) is 19.8 Å². The summed E-state index contributed by atoms with van der Waals surface area (Å²) in [5.74, 6) is -1.30. The van der Waals surface area contributed by atoms with Crippen LogP contribution in [0.5, 0.6) is 5.75 Å². The minimum Gasteiger partial charge on any atom is -0.484 e. The summed E-state index contributed by atoms with van der Waals surface area (Å²) in [5.41, 5.74) is -0.853. The third-order valence-corrected chi connectivity index (χ3v) is 4.00. The molecule has 1 N–H and O–H groups in total. The fraction of sp³-hybridized carbons (Fsp3) is 0.467. The predicted molar refractivity (Wildman–Crippen MR) is 73.5 cm³/mol. The number of rotatable bonds is 5. The van der Waals surface area contributed by atoms with Crippen LogP contribution in [-0.4, -0.2) is 41.6 Å². The van der Waals surface area contributed by atoms with Gasteiger partial charge in [0.25, 0.3) is 5.91 Å². The number of carboxylic acids is 1. The highest BCUT2D eigenvalue weighted by atomic mass is 19.1. The molecule has 5 nitrogen and oxygen atoms in total. The Morgan fingerprint density at radius 1 is 1.48 bits per heavy atom. The fourth-order valence-electron chi connectivity index (χ4n) is 2.49. The van der Waals surface area contributed by atoms with Crippen LogP contribution in [0.25, 0.3) is 0 Å². The van der Waals surface area contributed by atoms with Crippen LogP contribution in [0.15, 0.2) is 24.3 Å². The molecule has 1 amide bonds. The quantitative estimate of drug-likeness (QED) is 0.901. The molecule has 1 aliphatic rings. The number of hydrogen-bond acceptors (Lipinski definition) is 3. The summed E-state index contributed by atoms with van der Waals surface area (Å²) in [6.45, 7) is 2.20. The highest BCUT2D eigenvalue weighted by Crippen LogP contribution is 2.34. The van der Waals surface area contributed by atoms with Crippen LogP contribution in [0.4, 0.5) is 4.39 Å². The van der Waals surface area contributed by atoms with Crippen LogP contribution in [0, 0.1) is 11.2 Å². The molecule has 114 valence electrons. The normalized spacial score (nSPS) is 21.3. The van der Waals surface area contributed by atoms with E-state index in [0.29, 0.717) is 19.4 Å². The molecule has 0 radical (unpaired) electrons. The number of carbonyl (C=O) groups is 2. The summed E-state index contributed by atoms with van der Waals surface area (Å²) in [5, 5.41) is 9.29. The third kappa shape index (κ3) is 3.32. The maximum Gasteiger partial charge on any atom is 0.311 e. The number of carbonyl (C=O) groups excluding carboxylic acids is 1. The van der Waals surface area contributed by atoms with E-state index in [2.05, 4.69) is 0 Å². The second kappa shape index (κ2) is 6.11. The molecule has 0 saturated carbocycles. The van der Waals surface area contributed by atoms with Crippen molar-refractivity contribution in [3.8, 4) is 5.75 Å². The molecule has 1 unspecified atom stereocenters. The Bertz CT molecular complexity index is 548. The van der Waals surface area contributed by atoms with Gasteiger partial charge in [0.1, 0.15) is 11.6 Å². The zero-order valence-corrected chi connectivity index (χ0v) is 11.8. The summed E-state index contributed by atoms with van der Waals surface area (Å²) in [6, 6.07) is 5.55. The molecule has 1 atom stereocenters. The van der Waals surface area contributed by atoms with Crippen LogP contribution in [0.3, 0.4) is 0 Å². The molecule has 0 aromatic heterocycles. The number of benzene rings is 1. The molecule has 1 fully saturated rings. The van der Waals surface area contributed by atoms with Crippen molar-refractivity contribution in [1.82, 2.24) is 4.90 Å². The maximum atomic E-state index is 13.0. The van der Waals surface area contributed by atoms with Crippen molar-refractivity contribution in [2.75, 3.05) is 19.7 Å². The molecule has 6 heteroatoms. The van der Waals surface area contributed by atoms with Gasteiger partial charge in [0.05, 0.1) is 5.41 Å². The van der Waals surface area contributed by atoms with Gasteiger partial charge < -0.3 is 14.7 Å². The fourth-order valence-corrected chi connectivity index (χ4v) is 2.49. The molecule has 0 aliphatic carbocycles. The Kier molecular flexibility index (Phi) is 4.45. The van der Waals surface area contributed by atoms with E-state index in [9.17, 15) is 19.1 Å². The van der Waals surface area contributed by atoms with Gasteiger partial charge in [-0.15, -0.1) is 0 Å². The highest BCUT2D eigenvalue weighted by Gasteiger charge is 2.44. The number of aliphatic carboxylic acids is 1. The minimum atomic E-state index is -0.869. The molecular weight excluding hydrogens is 277 g/mol. The first-order valence-corrected chi connectivity index (χ1v) is 6.86. The van der Waals surface area contributed by atoms with Gasteiger partial charge in [-0.25, -0.2) is 4.39 Å². The molecule has 1 saturated heterocycles. The number of amides is 1. The lowest BCUT2D eigenvalue weighted by atomic mass is 9.84. The average molecular weight is 295 g/mol. The van der Waals surface area contributed by atoms with E-state index < -0.39 is 17.2 Å². The van der Waals surface area contributed by atoms with Gasteiger partial charge in [-0.3, -0.25) is 9.59 Å². The Balaban J connectivity index is 1.92. The number of ether oxygens (including phenoxy) is 1.